The van der Waals surface area contributed by atoms with Crippen LogP contribution in [0.5, 0.6) is 17.4 Å². The van der Waals surface area contributed by atoms with Crippen molar-refractivity contribution in [3.8, 4) is 23.4 Å². The number of nitriles is 1. The molecule has 0 bridgehead atoms. The summed E-state index contributed by atoms with van der Waals surface area (Å²) >= 11 is 0. The van der Waals surface area contributed by atoms with E-state index in [-0.39, 0.29) is 17.7 Å². The molecular formula is C19H22N4O3. The summed E-state index contributed by atoms with van der Waals surface area (Å²) in [6.45, 7) is 6.52. The molecule has 2 heterocycles. The van der Waals surface area contributed by atoms with Crippen LogP contribution >= 0.6 is 0 Å². The largest absolute Gasteiger partial charge is 0.493 e. The van der Waals surface area contributed by atoms with Crippen LogP contribution in [0.4, 0.5) is 0 Å². The Kier molecular flexibility index (Phi) is 4.76. The number of fused-ring (bicyclic) bond motifs is 1. The highest BCUT2D eigenvalue weighted by Gasteiger charge is 2.36. The van der Waals surface area contributed by atoms with Crippen molar-refractivity contribution in [2.75, 3.05) is 13.7 Å². The van der Waals surface area contributed by atoms with E-state index in [1.54, 1.807) is 7.11 Å². The number of ether oxygens (including phenoxy) is 3. The number of benzene rings is 1. The van der Waals surface area contributed by atoms with E-state index in [9.17, 15) is 5.26 Å². The molecule has 0 radical (unpaired) electrons. The molecule has 7 nitrogen and oxygen atoms in total. The molecule has 0 saturated heterocycles. The van der Waals surface area contributed by atoms with E-state index in [1.165, 1.54) is 0 Å². The van der Waals surface area contributed by atoms with E-state index < -0.39 is 0 Å². The predicted octanol–water partition coefficient (Wildman–Crippen LogP) is 3.16. The van der Waals surface area contributed by atoms with Gasteiger partial charge in [0.1, 0.15) is 11.6 Å². The molecule has 0 aliphatic carbocycles. The highest BCUT2D eigenvalue weighted by atomic mass is 16.5. The Morgan fingerprint density at radius 1 is 1.38 bits per heavy atom. The number of nitrogens with zero attached hydrogens (tertiary/aromatic N) is 2. The van der Waals surface area contributed by atoms with Crippen LogP contribution in [0.25, 0.3) is 0 Å². The monoisotopic (exact) mass is 354 g/mol. The molecule has 1 aliphatic heterocycles. The average Bonchev–Trinajstić information content (AvgIpc) is 3.04. The van der Waals surface area contributed by atoms with Gasteiger partial charge in [-0.1, -0.05) is 19.9 Å². The molecule has 0 spiro atoms. The topological polar surface area (TPSA) is 106 Å². The minimum atomic E-state index is -0.384. The maximum atomic E-state index is 9.70. The summed E-state index contributed by atoms with van der Waals surface area (Å²) in [7, 11) is 1.59. The Balaban J connectivity index is 2.21. The summed E-state index contributed by atoms with van der Waals surface area (Å²) in [6.07, 6.45) is 0. The second-order valence-electron chi connectivity index (χ2n) is 6.28. The zero-order valence-electron chi connectivity index (χ0n) is 15.3. The Bertz CT molecular complexity index is 893. The van der Waals surface area contributed by atoms with Gasteiger partial charge in [-0.05, 0) is 30.5 Å². The lowest BCUT2D eigenvalue weighted by molar-refractivity contribution is 0.310. The average molecular weight is 354 g/mol. The molecule has 7 heteroatoms. The molecule has 1 atom stereocenters. The third-order valence-electron chi connectivity index (χ3n) is 4.37. The minimum Gasteiger partial charge on any atom is -0.493 e. The fourth-order valence-corrected chi connectivity index (χ4v) is 3.18. The number of nitrogens with two attached hydrogens (primary N) is 1. The van der Waals surface area contributed by atoms with Crippen molar-refractivity contribution >= 4 is 0 Å². The lowest BCUT2D eigenvalue weighted by Gasteiger charge is -2.25. The Morgan fingerprint density at radius 3 is 2.77 bits per heavy atom. The lowest BCUT2D eigenvalue weighted by Crippen LogP contribution is -2.21. The Hall–Kier alpha value is -3.14. The molecule has 0 amide bonds. The number of methoxy groups -OCH3 is 1. The number of nitrogens with one attached hydrogen (secondary N) is 1. The minimum absolute atomic E-state index is 0.0700. The number of aromatic nitrogens is 2. The number of aromatic amines is 1. The zero-order valence-corrected chi connectivity index (χ0v) is 15.3. The van der Waals surface area contributed by atoms with Gasteiger partial charge in [-0.2, -0.15) is 5.26 Å². The highest BCUT2D eigenvalue weighted by molar-refractivity contribution is 5.57. The second kappa shape index (κ2) is 7.00. The van der Waals surface area contributed by atoms with Gasteiger partial charge in [0.2, 0.25) is 11.8 Å². The standard InChI is InChI=1S/C19H22N4O3/c1-5-25-14-8-11(6-7-13(14)24-4)15-12(9-20)18(21)26-19-16(15)17(10(2)3)22-23-19/h6-8,10,15H,5,21H2,1-4H3,(H,22,23). The van der Waals surface area contributed by atoms with E-state index in [0.717, 1.165) is 16.8 Å². The van der Waals surface area contributed by atoms with Crippen LogP contribution in [-0.4, -0.2) is 23.9 Å². The molecule has 0 fully saturated rings. The summed E-state index contributed by atoms with van der Waals surface area (Å²) in [6, 6.07) is 7.81. The molecule has 3 rings (SSSR count). The number of allylic oxidation sites excluding steroid dienone is 1. The normalized spacial score (nSPS) is 16.1. The van der Waals surface area contributed by atoms with Crippen LogP contribution in [0.1, 0.15) is 49.4 Å². The van der Waals surface area contributed by atoms with Gasteiger partial charge in [0, 0.05) is 5.69 Å². The molecule has 1 unspecified atom stereocenters. The van der Waals surface area contributed by atoms with Crippen LogP contribution in [-0.2, 0) is 0 Å². The lowest BCUT2D eigenvalue weighted by atomic mass is 9.82. The van der Waals surface area contributed by atoms with Gasteiger partial charge in [0.25, 0.3) is 0 Å². The van der Waals surface area contributed by atoms with E-state index in [2.05, 4.69) is 30.1 Å². The molecule has 26 heavy (non-hydrogen) atoms. The quantitative estimate of drug-likeness (QED) is 0.854. The summed E-state index contributed by atoms with van der Waals surface area (Å²) in [5, 5.41) is 17.0. The number of hydrogen-bond acceptors (Lipinski definition) is 6. The first-order chi connectivity index (χ1) is 12.5. The summed E-state index contributed by atoms with van der Waals surface area (Å²) in [4.78, 5) is 0. The molecular weight excluding hydrogens is 332 g/mol. The zero-order chi connectivity index (χ0) is 18.8. The van der Waals surface area contributed by atoms with Crippen molar-refractivity contribution in [2.45, 2.75) is 32.6 Å². The number of hydrogen-bond donors (Lipinski definition) is 2. The van der Waals surface area contributed by atoms with Gasteiger partial charge in [-0.15, -0.1) is 5.10 Å². The van der Waals surface area contributed by atoms with Gasteiger partial charge in [0.15, 0.2) is 11.5 Å². The van der Waals surface area contributed by atoms with Crippen molar-refractivity contribution in [1.82, 2.24) is 10.2 Å². The predicted molar refractivity (Wildman–Crippen MR) is 96.1 cm³/mol. The van der Waals surface area contributed by atoms with E-state index in [1.807, 2.05) is 25.1 Å². The van der Waals surface area contributed by atoms with Crippen LogP contribution in [0.2, 0.25) is 0 Å². The van der Waals surface area contributed by atoms with E-state index >= 15 is 0 Å². The number of H-pyrrole nitrogens is 1. The molecule has 2 aromatic rings. The molecule has 136 valence electrons. The van der Waals surface area contributed by atoms with Gasteiger partial charge in [-0.3, -0.25) is 5.10 Å². The molecule has 1 aromatic carbocycles. The number of rotatable bonds is 5. The van der Waals surface area contributed by atoms with Crippen LogP contribution in [0.3, 0.4) is 0 Å². The van der Waals surface area contributed by atoms with Crippen molar-refractivity contribution < 1.29 is 14.2 Å². The van der Waals surface area contributed by atoms with E-state index in [0.29, 0.717) is 29.6 Å². The summed E-state index contributed by atoms with van der Waals surface area (Å²) < 4.78 is 16.6. The van der Waals surface area contributed by atoms with Gasteiger partial charge in [-0.25, -0.2) is 0 Å². The second-order valence-corrected chi connectivity index (χ2v) is 6.28. The highest BCUT2D eigenvalue weighted by Crippen LogP contribution is 2.45. The third kappa shape index (κ3) is 2.84. The van der Waals surface area contributed by atoms with Crippen LogP contribution in [0.15, 0.2) is 29.7 Å². The smallest absolute Gasteiger partial charge is 0.244 e. The van der Waals surface area contributed by atoms with Gasteiger partial charge in [0.05, 0.1) is 25.2 Å². The first-order valence-electron chi connectivity index (χ1n) is 8.48. The molecule has 1 aromatic heterocycles. The van der Waals surface area contributed by atoms with Crippen LogP contribution in [0, 0.1) is 11.3 Å². The van der Waals surface area contributed by atoms with Crippen molar-refractivity contribution in [2.24, 2.45) is 5.73 Å². The fraction of sp³-hybridized carbons (Fsp3) is 0.368. The first-order valence-corrected chi connectivity index (χ1v) is 8.48. The fourth-order valence-electron chi connectivity index (χ4n) is 3.18. The maximum absolute atomic E-state index is 9.70. The summed E-state index contributed by atoms with van der Waals surface area (Å²) in [5.74, 6) is 1.52. The van der Waals surface area contributed by atoms with Crippen molar-refractivity contribution in [3.63, 3.8) is 0 Å². The van der Waals surface area contributed by atoms with Crippen LogP contribution < -0.4 is 19.9 Å². The van der Waals surface area contributed by atoms with E-state index in [4.69, 9.17) is 19.9 Å². The molecule has 0 saturated carbocycles. The van der Waals surface area contributed by atoms with Gasteiger partial charge < -0.3 is 19.9 Å². The first kappa shape index (κ1) is 17.7. The van der Waals surface area contributed by atoms with Gasteiger partial charge >= 0.3 is 0 Å². The third-order valence-corrected chi connectivity index (χ3v) is 4.37. The SMILES string of the molecule is CCOc1cc(C2C(C#N)=C(N)Oc3n[nH]c(C(C)C)c32)ccc1OC. The molecule has 1 aliphatic rings. The van der Waals surface area contributed by atoms with Crippen molar-refractivity contribution in [3.05, 3.63) is 46.5 Å². The Morgan fingerprint density at radius 2 is 2.15 bits per heavy atom. The Labute approximate surface area is 152 Å². The summed E-state index contributed by atoms with van der Waals surface area (Å²) in [5.41, 5.74) is 8.96. The van der Waals surface area contributed by atoms with Crippen molar-refractivity contribution in [1.29, 1.82) is 5.26 Å². The maximum Gasteiger partial charge on any atom is 0.244 e. The molecule has 3 N–H and O–H groups in total.